The Balaban J connectivity index is 1.68. The first kappa shape index (κ1) is 19.0. The number of amides is 1. The summed E-state index contributed by atoms with van der Waals surface area (Å²) in [5.74, 6) is 0.319. The van der Waals surface area contributed by atoms with Gasteiger partial charge in [-0.25, -0.2) is 4.98 Å². The topological polar surface area (TPSA) is 46.9 Å². The van der Waals surface area contributed by atoms with Crippen molar-refractivity contribution >= 4 is 23.2 Å². The van der Waals surface area contributed by atoms with Crippen LogP contribution in [0.15, 0.2) is 54.7 Å². The first-order chi connectivity index (χ1) is 12.7. The molecule has 3 aromatic rings. The van der Waals surface area contributed by atoms with Gasteiger partial charge in [0, 0.05) is 29.5 Å². The number of hydrogen-bond donors (Lipinski definition) is 1. The molecule has 3 rings (SSSR count). The third-order valence-corrected chi connectivity index (χ3v) is 4.12. The molecule has 0 atom stereocenters. The van der Waals surface area contributed by atoms with Crippen molar-refractivity contribution in [2.45, 2.75) is 12.6 Å². The Hall–Kier alpha value is -2.80. The Morgan fingerprint density at radius 2 is 1.74 bits per heavy atom. The number of anilines is 1. The van der Waals surface area contributed by atoms with Gasteiger partial charge >= 0.3 is 6.18 Å². The fourth-order valence-electron chi connectivity index (χ4n) is 2.59. The SMILES string of the molecule is Cn1cc(CC(=O)Nc2ccc(C(F)(F)F)cc2)nc1-c1ccc(Cl)cc1. The number of rotatable bonds is 4. The molecule has 0 radical (unpaired) electrons. The Kier molecular flexibility index (Phi) is 5.23. The van der Waals surface area contributed by atoms with Crippen LogP contribution in [0.25, 0.3) is 11.4 Å². The summed E-state index contributed by atoms with van der Waals surface area (Å²) in [4.78, 5) is 16.6. The van der Waals surface area contributed by atoms with Gasteiger partial charge in [-0.05, 0) is 48.5 Å². The van der Waals surface area contributed by atoms with Crippen molar-refractivity contribution in [1.82, 2.24) is 9.55 Å². The lowest BCUT2D eigenvalue weighted by molar-refractivity contribution is -0.137. The molecule has 0 aliphatic heterocycles. The molecule has 2 aromatic carbocycles. The monoisotopic (exact) mass is 393 g/mol. The van der Waals surface area contributed by atoms with E-state index in [9.17, 15) is 18.0 Å². The van der Waals surface area contributed by atoms with Crippen LogP contribution in [0, 0.1) is 0 Å². The van der Waals surface area contributed by atoms with Crippen LogP contribution in [0.4, 0.5) is 18.9 Å². The fourth-order valence-corrected chi connectivity index (χ4v) is 2.72. The van der Waals surface area contributed by atoms with E-state index in [1.54, 1.807) is 22.9 Å². The average molecular weight is 394 g/mol. The number of halogens is 4. The van der Waals surface area contributed by atoms with Crippen molar-refractivity contribution in [1.29, 1.82) is 0 Å². The number of aromatic nitrogens is 2. The van der Waals surface area contributed by atoms with Crippen molar-refractivity contribution in [3.63, 3.8) is 0 Å². The summed E-state index contributed by atoms with van der Waals surface area (Å²) in [5, 5.41) is 3.19. The second-order valence-corrected chi connectivity index (χ2v) is 6.41. The Morgan fingerprint density at radius 3 is 2.33 bits per heavy atom. The minimum Gasteiger partial charge on any atom is -0.334 e. The quantitative estimate of drug-likeness (QED) is 0.682. The lowest BCUT2D eigenvalue weighted by atomic mass is 10.2. The molecule has 4 nitrogen and oxygen atoms in total. The highest BCUT2D eigenvalue weighted by Gasteiger charge is 2.30. The summed E-state index contributed by atoms with van der Waals surface area (Å²) < 4.78 is 39.5. The van der Waals surface area contributed by atoms with Gasteiger partial charge in [-0.15, -0.1) is 0 Å². The summed E-state index contributed by atoms with van der Waals surface area (Å²) in [7, 11) is 1.81. The minimum absolute atomic E-state index is 0.00243. The molecule has 0 bridgehead atoms. The first-order valence-electron chi connectivity index (χ1n) is 7.97. The van der Waals surface area contributed by atoms with E-state index < -0.39 is 11.7 Å². The molecule has 0 saturated heterocycles. The van der Waals surface area contributed by atoms with Gasteiger partial charge in [-0.1, -0.05) is 11.6 Å². The van der Waals surface area contributed by atoms with E-state index in [2.05, 4.69) is 10.3 Å². The maximum atomic E-state index is 12.6. The van der Waals surface area contributed by atoms with E-state index in [1.807, 2.05) is 19.2 Å². The van der Waals surface area contributed by atoms with E-state index in [4.69, 9.17) is 11.6 Å². The van der Waals surface area contributed by atoms with E-state index in [1.165, 1.54) is 12.1 Å². The highest BCUT2D eigenvalue weighted by Crippen LogP contribution is 2.29. The molecule has 0 spiro atoms. The largest absolute Gasteiger partial charge is 0.416 e. The lowest BCUT2D eigenvalue weighted by Crippen LogP contribution is -2.15. The number of alkyl halides is 3. The van der Waals surface area contributed by atoms with E-state index in [-0.39, 0.29) is 12.3 Å². The zero-order valence-corrected chi connectivity index (χ0v) is 15.0. The molecule has 1 amide bonds. The third kappa shape index (κ3) is 4.68. The van der Waals surface area contributed by atoms with Crippen molar-refractivity contribution in [3.8, 4) is 11.4 Å². The molecule has 1 heterocycles. The second-order valence-electron chi connectivity index (χ2n) is 5.97. The Bertz CT molecular complexity index is 948. The fraction of sp³-hybridized carbons (Fsp3) is 0.158. The normalized spacial score (nSPS) is 11.4. The molecular formula is C19H15ClF3N3O. The molecule has 0 aliphatic carbocycles. The molecule has 27 heavy (non-hydrogen) atoms. The predicted molar refractivity (Wildman–Crippen MR) is 97.4 cm³/mol. The standard InChI is InChI=1S/C19H15ClF3N3O/c1-26-11-16(25-18(26)12-2-6-14(20)7-3-12)10-17(27)24-15-8-4-13(5-9-15)19(21,22)23/h2-9,11H,10H2,1H3,(H,24,27). The summed E-state index contributed by atoms with van der Waals surface area (Å²) in [6, 6.07) is 11.5. The Labute approximate surface area is 158 Å². The molecule has 0 unspecified atom stereocenters. The molecule has 1 N–H and O–H groups in total. The molecular weight excluding hydrogens is 379 g/mol. The predicted octanol–water partition coefficient (Wildman–Crippen LogP) is 4.94. The number of carbonyl (C=O) groups excluding carboxylic acids is 1. The van der Waals surface area contributed by atoms with Crippen LogP contribution in [-0.2, 0) is 24.4 Å². The molecule has 140 valence electrons. The van der Waals surface area contributed by atoms with Crippen LogP contribution < -0.4 is 5.32 Å². The summed E-state index contributed by atoms with van der Waals surface area (Å²) in [6.45, 7) is 0. The lowest BCUT2D eigenvalue weighted by Gasteiger charge is -2.08. The van der Waals surface area contributed by atoms with Crippen LogP contribution >= 0.6 is 11.6 Å². The van der Waals surface area contributed by atoms with Gasteiger partial charge in [-0.3, -0.25) is 4.79 Å². The molecule has 0 saturated carbocycles. The minimum atomic E-state index is -4.41. The van der Waals surface area contributed by atoms with Gasteiger partial charge in [-0.2, -0.15) is 13.2 Å². The van der Waals surface area contributed by atoms with Crippen molar-refractivity contribution in [2.24, 2.45) is 7.05 Å². The maximum Gasteiger partial charge on any atom is 0.416 e. The molecule has 1 aromatic heterocycles. The zero-order chi connectivity index (χ0) is 19.6. The van der Waals surface area contributed by atoms with Crippen LogP contribution in [0.3, 0.4) is 0 Å². The third-order valence-electron chi connectivity index (χ3n) is 3.87. The number of hydrogen-bond acceptors (Lipinski definition) is 2. The van der Waals surface area contributed by atoms with Crippen molar-refractivity contribution in [2.75, 3.05) is 5.32 Å². The van der Waals surface area contributed by atoms with Crippen LogP contribution in [0.5, 0.6) is 0 Å². The van der Waals surface area contributed by atoms with Crippen LogP contribution in [-0.4, -0.2) is 15.5 Å². The van der Waals surface area contributed by atoms with E-state index >= 15 is 0 Å². The molecule has 8 heteroatoms. The average Bonchev–Trinajstić information content (AvgIpc) is 2.95. The van der Waals surface area contributed by atoms with Gasteiger partial charge in [0.1, 0.15) is 5.82 Å². The van der Waals surface area contributed by atoms with Gasteiger partial charge in [0.2, 0.25) is 5.91 Å². The van der Waals surface area contributed by atoms with Crippen LogP contribution in [0.2, 0.25) is 5.02 Å². The van der Waals surface area contributed by atoms with Crippen LogP contribution in [0.1, 0.15) is 11.3 Å². The number of nitrogens with zero attached hydrogens (tertiary/aromatic N) is 2. The van der Waals surface area contributed by atoms with Gasteiger partial charge in [0.25, 0.3) is 0 Å². The van der Waals surface area contributed by atoms with Gasteiger partial charge in [0.15, 0.2) is 0 Å². The van der Waals surface area contributed by atoms with Crippen molar-refractivity contribution < 1.29 is 18.0 Å². The number of benzene rings is 2. The van der Waals surface area contributed by atoms with Crippen molar-refractivity contribution in [3.05, 3.63) is 71.0 Å². The maximum absolute atomic E-state index is 12.6. The smallest absolute Gasteiger partial charge is 0.334 e. The number of imidazole rings is 1. The first-order valence-corrected chi connectivity index (χ1v) is 8.35. The highest BCUT2D eigenvalue weighted by molar-refractivity contribution is 6.30. The zero-order valence-electron chi connectivity index (χ0n) is 14.2. The van der Waals surface area contributed by atoms with E-state index in [0.29, 0.717) is 22.2 Å². The second kappa shape index (κ2) is 7.44. The number of carbonyl (C=O) groups is 1. The van der Waals surface area contributed by atoms with E-state index in [0.717, 1.165) is 17.7 Å². The van der Waals surface area contributed by atoms with Gasteiger partial charge in [0.05, 0.1) is 17.7 Å². The number of nitrogens with one attached hydrogen (secondary N) is 1. The summed E-state index contributed by atoms with van der Waals surface area (Å²) >= 11 is 5.88. The summed E-state index contributed by atoms with van der Waals surface area (Å²) in [5.41, 5.74) is 0.933. The Morgan fingerprint density at radius 1 is 1.11 bits per heavy atom. The highest BCUT2D eigenvalue weighted by atomic mass is 35.5. The van der Waals surface area contributed by atoms with Gasteiger partial charge < -0.3 is 9.88 Å². The number of aryl methyl sites for hydroxylation is 1. The molecule has 0 aliphatic rings. The summed E-state index contributed by atoms with van der Waals surface area (Å²) in [6.07, 6.45) is -2.67. The molecule has 0 fully saturated rings.